The smallest absolute Gasteiger partial charge is 0.239 e. The van der Waals surface area contributed by atoms with Crippen LogP contribution in [0.2, 0.25) is 5.02 Å². The highest BCUT2D eigenvalue weighted by atomic mass is 35.5. The molecule has 0 saturated carbocycles. The minimum absolute atomic E-state index is 0.292. The minimum Gasteiger partial charge on any atom is -0.493 e. The molecule has 0 bridgehead atoms. The Morgan fingerprint density at radius 3 is 2.55 bits per heavy atom. The molecule has 0 spiro atoms. The molecule has 1 atom stereocenters. The number of carbonyl (C=O) groups excluding carboxylic acids is 1. The maximum absolute atomic E-state index is 11.6. The van der Waals surface area contributed by atoms with E-state index in [0.29, 0.717) is 35.2 Å². The first-order valence-electron chi connectivity index (χ1n) is 5.98. The van der Waals surface area contributed by atoms with Crippen LogP contribution in [0.5, 0.6) is 11.5 Å². The van der Waals surface area contributed by atoms with Gasteiger partial charge in [-0.3, -0.25) is 10.1 Å². The van der Waals surface area contributed by atoms with Gasteiger partial charge >= 0.3 is 0 Å². The molecule has 3 N–H and O–H groups in total. The fourth-order valence-electron chi connectivity index (χ4n) is 1.80. The monoisotopic (exact) mass is 302 g/mol. The number of hydrogen-bond acceptors (Lipinski definition) is 5. The van der Waals surface area contributed by atoms with Crippen molar-refractivity contribution in [3.63, 3.8) is 0 Å². The summed E-state index contributed by atoms with van der Waals surface area (Å²) in [4.78, 5) is 11.6. The van der Waals surface area contributed by atoms with Crippen molar-refractivity contribution in [2.75, 3.05) is 34.5 Å². The van der Waals surface area contributed by atoms with Crippen molar-refractivity contribution in [3.8, 4) is 11.5 Å². The number of benzene rings is 1. The van der Waals surface area contributed by atoms with Crippen LogP contribution >= 0.6 is 11.6 Å². The van der Waals surface area contributed by atoms with E-state index in [1.807, 2.05) is 0 Å². The van der Waals surface area contributed by atoms with E-state index >= 15 is 0 Å². The number of halogens is 1. The molecule has 20 heavy (non-hydrogen) atoms. The Bertz CT molecular complexity index is 468. The molecule has 0 saturated heterocycles. The standard InChI is InChI=1S/C13H19ClN2O4/c1-18-7-6-16-11(13(15)17)8-4-5-9(19-2)12(20-3)10(8)14/h4-5,11,16H,6-7H2,1-3H3,(H2,15,17). The van der Waals surface area contributed by atoms with E-state index in [4.69, 9.17) is 31.5 Å². The zero-order valence-electron chi connectivity index (χ0n) is 11.7. The van der Waals surface area contributed by atoms with Gasteiger partial charge in [0.15, 0.2) is 11.5 Å². The lowest BCUT2D eigenvalue weighted by Crippen LogP contribution is -2.35. The first kappa shape index (κ1) is 16.6. The fourth-order valence-corrected chi connectivity index (χ4v) is 2.14. The predicted octanol–water partition coefficient (Wildman–Crippen LogP) is 1.12. The maximum atomic E-state index is 11.6. The van der Waals surface area contributed by atoms with Gasteiger partial charge in [0.1, 0.15) is 6.04 Å². The van der Waals surface area contributed by atoms with Gasteiger partial charge in [-0.15, -0.1) is 0 Å². The molecule has 1 amide bonds. The van der Waals surface area contributed by atoms with Crippen LogP contribution in [0.25, 0.3) is 0 Å². The molecule has 0 radical (unpaired) electrons. The van der Waals surface area contributed by atoms with Crippen LogP contribution in [0.4, 0.5) is 0 Å². The summed E-state index contributed by atoms with van der Waals surface area (Å²) < 4.78 is 15.3. The lowest BCUT2D eigenvalue weighted by molar-refractivity contribution is -0.120. The second kappa shape index (κ2) is 7.94. The maximum Gasteiger partial charge on any atom is 0.239 e. The zero-order valence-corrected chi connectivity index (χ0v) is 12.5. The summed E-state index contributed by atoms with van der Waals surface area (Å²) in [6, 6.07) is 2.63. The van der Waals surface area contributed by atoms with E-state index in [0.717, 1.165) is 0 Å². The molecule has 7 heteroatoms. The van der Waals surface area contributed by atoms with Gasteiger partial charge in [0.25, 0.3) is 0 Å². The largest absolute Gasteiger partial charge is 0.493 e. The zero-order chi connectivity index (χ0) is 15.1. The summed E-state index contributed by atoms with van der Waals surface area (Å²) in [7, 11) is 4.56. The predicted molar refractivity (Wildman–Crippen MR) is 76.4 cm³/mol. The summed E-state index contributed by atoms with van der Waals surface area (Å²) in [6.07, 6.45) is 0. The number of methoxy groups -OCH3 is 3. The highest BCUT2D eigenvalue weighted by Crippen LogP contribution is 2.39. The first-order valence-corrected chi connectivity index (χ1v) is 6.36. The molecular weight excluding hydrogens is 284 g/mol. The van der Waals surface area contributed by atoms with Crippen molar-refractivity contribution in [3.05, 3.63) is 22.7 Å². The van der Waals surface area contributed by atoms with Crippen LogP contribution in [-0.2, 0) is 9.53 Å². The highest BCUT2D eigenvalue weighted by molar-refractivity contribution is 6.33. The number of nitrogens with two attached hydrogens (primary N) is 1. The van der Waals surface area contributed by atoms with E-state index in [2.05, 4.69) is 5.32 Å². The van der Waals surface area contributed by atoms with Crippen LogP contribution in [0.1, 0.15) is 11.6 Å². The van der Waals surface area contributed by atoms with Gasteiger partial charge in [-0.25, -0.2) is 0 Å². The summed E-state index contributed by atoms with van der Waals surface area (Å²) in [6.45, 7) is 0.920. The molecule has 1 rings (SSSR count). The molecule has 0 aliphatic rings. The molecule has 112 valence electrons. The van der Waals surface area contributed by atoms with E-state index < -0.39 is 11.9 Å². The summed E-state index contributed by atoms with van der Waals surface area (Å²) >= 11 is 6.26. The van der Waals surface area contributed by atoms with Gasteiger partial charge in [0.05, 0.1) is 25.8 Å². The summed E-state index contributed by atoms with van der Waals surface area (Å²) in [5.74, 6) is 0.322. The number of hydrogen-bond donors (Lipinski definition) is 2. The number of rotatable bonds is 8. The Morgan fingerprint density at radius 1 is 1.35 bits per heavy atom. The SMILES string of the molecule is COCCNC(C(N)=O)c1ccc(OC)c(OC)c1Cl. The molecule has 1 aromatic rings. The van der Waals surface area contributed by atoms with Gasteiger partial charge in [-0.2, -0.15) is 0 Å². The molecule has 6 nitrogen and oxygen atoms in total. The average molecular weight is 303 g/mol. The third kappa shape index (κ3) is 3.75. The lowest BCUT2D eigenvalue weighted by atomic mass is 10.1. The van der Waals surface area contributed by atoms with Crippen molar-refractivity contribution in [2.45, 2.75) is 6.04 Å². The minimum atomic E-state index is -0.725. The van der Waals surface area contributed by atoms with Crippen LogP contribution in [0, 0.1) is 0 Å². The third-order valence-corrected chi connectivity index (χ3v) is 3.15. The molecule has 1 unspecified atom stereocenters. The summed E-state index contributed by atoms with van der Waals surface area (Å²) in [5, 5.41) is 3.28. The number of primary amides is 1. The number of carbonyl (C=O) groups is 1. The van der Waals surface area contributed by atoms with Gasteiger partial charge < -0.3 is 19.9 Å². The Kier molecular flexibility index (Phi) is 6.57. The second-order valence-electron chi connectivity index (χ2n) is 3.99. The average Bonchev–Trinajstić information content (AvgIpc) is 2.43. The van der Waals surface area contributed by atoms with Crippen molar-refractivity contribution in [2.24, 2.45) is 5.73 Å². The molecule has 1 aromatic carbocycles. The van der Waals surface area contributed by atoms with E-state index in [1.165, 1.54) is 14.2 Å². The topological polar surface area (TPSA) is 82.8 Å². The van der Waals surface area contributed by atoms with Gasteiger partial charge in [0.2, 0.25) is 5.91 Å². The first-order chi connectivity index (χ1) is 9.56. The summed E-state index contributed by atoms with van der Waals surface area (Å²) in [5.41, 5.74) is 5.94. The molecule has 0 heterocycles. The number of nitrogens with one attached hydrogen (secondary N) is 1. The second-order valence-corrected chi connectivity index (χ2v) is 4.36. The third-order valence-electron chi connectivity index (χ3n) is 2.77. The van der Waals surface area contributed by atoms with E-state index in [-0.39, 0.29) is 0 Å². The molecule has 0 aromatic heterocycles. The van der Waals surface area contributed by atoms with Gasteiger partial charge in [-0.1, -0.05) is 17.7 Å². The van der Waals surface area contributed by atoms with Crippen LogP contribution < -0.4 is 20.5 Å². The normalized spacial score (nSPS) is 12.0. The van der Waals surface area contributed by atoms with Crippen LogP contribution in [-0.4, -0.2) is 40.4 Å². The fraction of sp³-hybridized carbons (Fsp3) is 0.462. The highest BCUT2D eigenvalue weighted by Gasteiger charge is 2.23. The van der Waals surface area contributed by atoms with Crippen LogP contribution in [0.3, 0.4) is 0 Å². The van der Waals surface area contributed by atoms with Crippen molar-refractivity contribution < 1.29 is 19.0 Å². The van der Waals surface area contributed by atoms with E-state index in [9.17, 15) is 4.79 Å². The number of ether oxygens (including phenoxy) is 3. The Morgan fingerprint density at radius 2 is 2.05 bits per heavy atom. The van der Waals surface area contributed by atoms with Gasteiger partial charge in [0, 0.05) is 19.2 Å². The van der Waals surface area contributed by atoms with Crippen molar-refractivity contribution >= 4 is 17.5 Å². The van der Waals surface area contributed by atoms with Crippen LogP contribution in [0.15, 0.2) is 12.1 Å². The number of amides is 1. The Labute approximate surface area is 123 Å². The molecule has 0 aliphatic heterocycles. The van der Waals surface area contributed by atoms with Crippen molar-refractivity contribution in [1.82, 2.24) is 5.32 Å². The molecule has 0 aliphatic carbocycles. The lowest BCUT2D eigenvalue weighted by Gasteiger charge is -2.19. The van der Waals surface area contributed by atoms with Crippen molar-refractivity contribution in [1.29, 1.82) is 0 Å². The Balaban J connectivity index is 3.10. The van der Waals surface area contributed by atoms with Gasteiger partial charge in [-0.05, 0) is 6.07 Å². The van der Waals surface area contributed by atoms with E-state index in [1.54, 1.807) is 19.2 Å². The quantitative estimate of drug-likeness (QED) is 0.703. The Hall–Kier alpha value is -1.50. The molecule has 0 fully saturated rings. The molecular formula is C13H19ClN2O4.